The predicted molar refractivity (Wildman–Crippen MR) is 66.2 cm³/mol. The van der Waals surface area contributed by atoms with Gasteiger partial charge in [-0.15, -0.1) is 0 Å². The van der Waals surface area contributed by atoms with E-state index in [1.165, 1.54) is 0 Å². The third-order valence-corrected chi connectivity index (χ3v) is 2.35. The summed E-state index contributed by atoms with van der Waals surface area (Å²) in [5.74, 6) is 0.639. The van der Waals surface area contributed by atoms with Crippen molar-refractivity contribution >= 4 is 5.91 Å². The molecule has 4 nitrogen and oxygen atoms in total. The average Bonchev–Trinajstić information content (AvgIpc) is 2.13. The molecule has 16 heavy (non-hydrogen) atoms. The van der Waals surface area contributed by atoms with Crippen LogP contribution in [0.15, 0.2) is 0 Å². The maximum absolute atomic E-state index is 11.4. The Bertz CT molecular complexity index is 193. The first kappa shape index (κ1) is 15.4. The average molecular weight is 230 g/mol. The molecule has 0 spiro atoms. The minimum atomic E-state index is -0.327. The van der Waals surface area contributed by atoms with Crippen LogP contribution in [0.25, 0.3) is 0 Å². The summed E-state index contributed by atoms with van der Waals surface area (Å²) in [6, 6.07) is 0.163. The maximum atomic E-state index is 11.4. The lowest BCUT2D eigenvalue weighted by molar-refractivity contribution is -0.120. The minimum absolute atomic E-state index is 0.0260. The van der Waals surface area contributed by atoms with E-state index in [4.69, 9.17) is 5.11 Å². The highest BCUT2D eigenvalue weighted by atomic mass is 16.3. The number of aliphatic hydroxyl groups excluding tert-OH is 1. The van der Waals surface area contributed by atoms with Crippen LogP contribution in [0.2, 0.25) is 0 Å². The van der Waals surface area contributed by atoms with Gasteiger partial charge in [-0.05, 0) is 32.6 Å². The van der Waals surface area contributed by atoms with Gasteiger partial charge in [-0.3, -0.25) is 4.79 Å². The minimum Gasteiger partial charge on any atom is -0.393 e. The Hall–Kier alpha value is -0.610. The zero-order chi connectivity index (χ0) is 12.6. The van der Waals surface area contributed by atoms with Gasteiger partial charge in [0, 0.05) is 12.6 Å². The van der Waals surface area contributed by atoms with E-state index in [1.54, 1.807) is 6.92 Å². The molecule has 2 unspecified atom stereocenters. The highest BCUT2D eigenvalue weighted by Gasteiger charge is 2.07. The van der Waals surface area contributed by atoms with E-state index in [0.717, 1.165) is 13.0 Å². The van der Waals surface area contributed by atoms with E-state index in [0.29, 0.717) is 18.9 Å². The molecule has 0 aromatic rings. The molecular formula is C12H26N2O2. The molecule has 0 saturated carbocycles. The van der Waals surface area contributed by atoms with Crippen LogP contribution in [-0.4, -0.2) is 36.2 Å². The van der Waals surface area contributed by atoms with E-state index >= 15 is 0 Å². The fourth-order valence-corrected chi connectivity index (χ4v) is 1.42. The molecule has 1 amide bonds. The molecule has 2 atom stereocenters. The van der Waals surface area contributed by atoms with Crippen molar-refractivity contribution < 1.29 is 9.90 Å². The topological polar surface area (TPSA) is 61.4 Å². The van der Waals surface area contributed by atoms with Crippen LogP contribution in [0.5, 0.6) is 0 Å². The third kappa shape index (κ3) is 9.93. The molecule has 0 aromatic heterocycles. The van der Waals surface area contributed by atoms with Crippen LogP contribution in [0.1, 0.15) is 40.5 Å². The lowest BCUT2D eigenvalue weighted by atomic mass is 10.1. The SMILES string of the molecule is CC(C)CCNC(=O)CNC(C)CC(C)O. The molecule has 0 rings (SSSR count). The first-order valence-corrected chi connectivity index (χ1v) is 6.10. The van der Waals surface area contributed by atoms with Crippen molar-refractivity contribution in [1.82, 2.24) is 10.6 Å². The Morgan fingerprint density at radius 1 is 1.25 bits per heavy atom. The fraction of sp³-hybridized carbons (Fsp3) is 0.917. The van der Waals surface area contributed by atoms with E-state index < -0.39 is 0 Å². The van der Waals surface area contributed by atoms with Gasteiger partial charge in [-0.1, -0.05) is 13.8 Å². The number of nitrogens with one attached hydrogen (secondary N) is 2. The van der Waals surface area contributed by atoms with Gasteiger partial charge in [0.2, 0.25) is 5.91 Å². The molecular weight excluding hydrogens is 204 g/mol. The molecule has 0 fully saturated rings. The summed E-state index contributed by atoms with van der Waals surface area (Å²) in [6.45, 7) is 9.05. The van der Waals surface area contributed by atoms with Gasteiger partial charge in [-0.25, -0.2) is 0 Å². The van der Waals surface area contributed by atoms with Gasteiger partial charge in [0.25, 0.3) is 0 Å². The lowest BCUT2D eigenvalue weighted by Gasteiger charge is -2.15. The molecule has 4 heteroatoms. The normalized spacial score (nSPS) is 14.9. The highest BCUT2D eigenvalue weighted by Crippen LogP contribution is 1.97. The van der Waals surface area contributed by atoms with Crippen molar-refractivity contribution in [3.63, 3.8) is 0 Å². The second kappa shape index (κ2) is 8.53. The molecule has 0 aliphatic heterocycles. The molecule has 0 aromatic carbocycles. The number of rotatable bonds is 8. The summed E-state index contributed by atoms with van der Waals surface area (Å²) in [5.41, 5.74) is 0. The molecule has 0 aliphatic rings. The zero-order valence-electron chi connectivity index (χ0n) is 10.9. The predicted octanol–water partition coefficient (Wildman–Crippen LogP) is 0.898. The Morgan fingerprint density at radius 2 is 1.88 bits per heavy atom. The maximum Gasteiger partial charge on any atom is 0.233 e. The summed E-state index contributed by atoms with van der Waals surface area (Å²) >= 11 is 0. The molecule has 0 aliphatic carbocycles. The number of carbonyl (C=O) groups is 1. The number of hydrogen-bond donors (Lipinski definition) is 3. The van der Waals surface area contributed by atoms with Gasteiger partial charge in [0.1, 0.15) is 0 Å². The third-order valence-electron chi connectivity index (χ3n) is 2.35. The smallest absolute Gasteiger partial charge is 0.233 e. The lowest BCUT2D eigenvalue weighted by Crippen LogP contribution is -2.39. The van der Waals surface area contributed by atoms with Crippen LogP contribution in [0, 0.1) is 5.92 Å². The summed E-state index contributed by atoms with van der Waals surface area (Å²) in [4.78, 5) is 11.4. The quantitative estimate of drug-likeness (QED) is 0.580. The second-order valence-electron chi connectivity index (χ2n) is 4.90. The Morgan fingerprint density at radius 3 is 2.38 bits per heavy atom. The second-order valence-corrected chi connectivity index (χ2v) is 4.90. The highest BCUT2D eigenvalue weighted by molar-refractivity contribution is 5.77. The van der Waals surface area contributed by atoms with Crippen molar-refractivity contribution in [1.29, 1.82) is 0 Å². The molecule has 3 N–H and O–H groups in total. The van der Waals surface area contributed by atoms with Gasteiger partial charge in [0.05, 0.1) is 12.6 Å². The van der Waals surface area contributed by atoms with E-state index in [1.807, 2.05) is 6.92 Å². The number of amides is 1. The summed E-state index contributed by atoms with van der Waals surface area (Å²) in [6.07, 6.45) is 1.35. The summed E-state index contributed by atoms with van der Waals surface area (Å²) in [7, 11) is 0. The zero-order valence-corrected chi connectivity index (χ0v) is 10.9. The van der Waals surface area contributed by atoms with E-state index in [2.05, 4.69) is 24.5 Å². The fourth-order valence-electron chi connectivity index (χ4n) is 1.42. The Balaban J connectivity index is 3.49. The van der Waals surface area contributed by atoms with Gasteiger partial charge < -0.3 is 15.7 Å². The van der Waals surface area contributed by atoms with Crippen LogP contribution < -0.4 is 10.6 Å². The van der Waals surface area contributed by atoms with Gasteiger partial charge in [0.15, 0.2) is 0 Å². The monoisotopic (exact) mass is 230 g/mol. The summed E-state index contributed by atoms with van der Waals surface area (Å²) < 4.78 is 0. The molecule has 0 saturated heterocycles. The van der Waals surface area contributed by atoms with E-state index in [-0.39, 0.29) is 18.1 Å². The van der Waals surface area contributed by atoms with Crippen molar-refractivity contribution in [2.45, 2.75) is 52.7 Å². The van der Waals surface area contributed by atoms with Gasteiger partial charge in [-0.2, -0.15) is 0 Å². The first-order valence-electron chi connectivity index (χ1n) is 6.10. The number of hydrogen-bond acceptors (Lipinski definition) is 3. The van der Waals surface area contributed by atoms with Crippen molar-refractivity contribution in [3.8, 4) is 0 Å². The summed E-state index contributed by atoms with van der Waals surface area (Å²) in [5, 5.41) is 15.1. The molecule has 96 valence electrons. The van der Waals surface area contributed by atoms with Crippen LogP contribution in [0.4, 0.5) is 0 Å². The number of aliphatic hydroxyl groups is 1. The largest absolute Gasteiger partial charge is 0.393 e. The van der Waals surface area contributed by atoms with Gasteiger partial charge >= 0.3 is 0 Å². The van der Waals surface area contributed by atoms with E-state index in [9.17, 15) is 4.79 Å². The molecule has 0 heterocycles. The Kier molecular flexibility index (Phi) is 8.21. The molecule has 0 radical (unpaired) electrons. The first-order chi connectivity index (χ1) is 7.41. The standard InChI is InChI=1S/C12H26N2O2/c1-9(2)5-6-13-12(16)8-14-10(3)7-11(4)15/h9-11,14-15H,5-8H2,1-4H3,(H,13,16). The van der Waals surface area contributed by atoms with Crippen molar-refractivity contribution in [2.24, 2.45) is 5.92 Å². The van der Waals surface area contributed by atoms with Crippen molar-refractivity contribution in [2.75, 3.05) is 13.1 Å². The van der Waals surface area contributed by atoms with Crippen LogP contribution in [0.3, 0.4) is 0 Å². The molecule has 0 bridgehead atoms. The van der Waals surface area contributed by atoms with Crippen LogP contribution >= 0.6 is 0 Å². The van der Waals surface area contributed by atoms with Crippen LogP contribution in [-0.2, 0) is 4.79 Å². The Labute approximate surface area is 98.8 Å². The number of carbonyl (C=O) groups excluding carboxylic acids is 1. The van der Waals surface area contributed by atoms with Crippen molar-refractivity contribution in [3.05, 3.63) is 0 Å².